The van der Waals surface area contributed by atoms with Gasteiger partial charge in [0.25, 0.3) is 0 Å². The minimum absolute atomic E-state index is 0.779. The molecule has 4 heteroatoms. The normalized spacial score (nSPS) is 10.7. The van der Waals surface area contributed by atoms with Gasteiger partial charge >= 0.3 is 0 Å². The zero-order valence-corrected chi connectivity index (χ0v) is 8.97. The van der Waals surface area contributed by atoms with Gasteiger partial charge in [0.05, 0.1) is 11.6 Å². The maximum absolute atomic E-state index is 5.24. The molecule has 3 nitrogen and oxygen atoms in total. The van der Waals surface area contributed by atoms with Crippen molar-refractivity contribution < 1.29 is 4.74 Å². The second-order valence-corrected chi connectivity index (χ2v) is 3.68. The molecular formula is C9H9BrN2O. The van der Waals surface area contributed by atoms with E-state index >= 15 is 0 Å². The Kier molecular flexibility index (Phi) is 2.00. The summed E-state index contributed by atoms with van der Waals surface area (Å²) in [7, 11) is 1.64. The predicted octanol–water partition coefficient (Wildman–Crippen LogP) is 2.64. The van der Waals surface area contributed by atoms with Crippen LogP contribution in [0, 0.1) is 6.92 Å². The number of rotatable bonds is 1. The summed E-state index contributed by atoms with van der Waals surface area (Å²) < 4.78 is 6.17. The molecule has 0 atom stereocenters. The Morgan fingerprint density at radius 1 is 1.46 bits per heavy atom. The number of aromatic amines is 1. The van der Waals surface area contributed by atoms with Gasteiger partial charge in [-0.05, 0) is 35.0 Å². The lowest BCUT2D eigenvalue weighted by atomic mass is 10.2. The molecule has 0 saturated carbocycles. The van der Waals surface area contributed by atoms with E-state index in [1.165, 1.54) is 0 Å². The molecule has 0 amide bonds. The van der Waals surface area contributed by atoms with Crippen LogP contribution >= 0.6 is 15.9 Å². The topological polar surface area (TPSA) is 37.9 Å². The van der Waals surface area contributed by atoms with Crippen LogP contribution in [0.25, 0.3) is 10.9 Å². The summed E-state index contributed by atoms with van der Waals surface area (Å²) in [5.74, 6) is 0.779. The molecule has 0 bridgehead atoms. The number of halogens is 1. The SMILES string of the molecule is COc1c(Br)ccc2c(C)[nH]nc12. The van der Waals surface area contributed by atoms with Gasteiger partial charge in [0.1, 0.15) is 5.52 Å². The van der Waals surface area contributed by atoms with Crippen LogP contribution in [0.1, 0.15) is 5.69 Å². The molecule has 0 unspecified atom stereocenters. The first-order chi connectivity index (χ1) is 6.24. The fourth-order valence-electron chi connectivity index (χ4n) is 1.35. The number of nitrogens with zero attached hydrogens (tertiary/aromatic N) is 1. The van der Waals surface area contributed by atoms with Crippen LogP contribution in [-0.4, -0.2) is 17.3 Å². The lowest BCUT2D eigenvalue weighted by molar-refractivity contribution is 0.416. The van der Waals surface area contributed by atoms with Gasteiger partial charge in [-0.15, -0.1) is 0 Å². The van der Waals surface area contributed by atoms with Crippen LogP contribution in [0.5, 0.6) is 5.75 Å². The first-order valence-electron chi connectivity index (χ1n) is 3.91. The van der Waals surface area contributed by atoms with Crippen LogP contribution < -0.4 is 4.74 Å². The number of aryl methyl sites for hydroxylation is 1. The van der Waals surface area contributed by atoms with Gasteiger partial charge in [-0.25, -0.2) is 0 Å². The number of fused-ring (bicyclic) bond motifs is 1. The van der Waals surface area contributed by atoms with Crippen LogP contribution in [0.2, 0.25) is 0 Å². The largest absolute Gasteiger partial charge is 0.493 e. The molecule has 0 spiro atoms. The Labute approximate surface area is 84.2 Å². The Hall–Kier alpha value is -1.03. The summed E-state index contributed by atoms with van der Waals surface area (Å²) in [6.45, 7) is 1.99. The van der Waals surface area contributed by atoms with E-state index in [-0.39, 0.29) is 0 Å². The molecule has 68 valence electrons. The number of hydrogen-bond donors (Lipinski definition) is 1. The third-order valence-electron chi connectivity index (χ3n) is 2.03. The van der Waals surface area contributed by atoms with E-state index in [9.17, 15) is 0 Å². The van der Waals surface area contributed by atoms with Crippen molar-refractivity contribution in [2.45, 2.75) is 6.92 Å². The monoisotopic (exact) mass is 240 g/mol. The summed E-state index contributed by atoms with van der Waals surface area (Å²) in [6, 6.07) is 3.98. The molecule has 0 saturated heterocycles. The summed E-state index contributed by atoms with van der Waals surface area (Å²) in [4.78, 5) is 0. The Morgan fingerprint density at radius 3 is 2.92 bits per heavy atom. The van der Waals surface area contributed by atoms with Crippen molar-refractivity contribution in [1.82, 2.24) is 10.2 Å². The van der Waals surface area contributed by atoms with Crippen molar-refractivity contribution >= 4 is 26.8 Å². The van der Waals surface area contributed by atoms with Crippen LogP contribution in [0.15, 0.2) is 16.6 Å². The van der Waals surface area contributed by atoms with E-state index in [2.05, 4.69) is 26.1 Å². The molecule has 2 rings (SSSR count). The number of aromatic nitrogens is 2. The quantitative estimate of drug-likeness (QED) is 0.833. The third kappa shape index (κ3) is 1.21. The van der Waals surface area contributed by atoms with E-state index < -0.39 is 0 Å². The highest BCUT2D eigenvalue weighted by Gasteiger charge is 2.09. The van der Waals surface area contributed by atoms with Gasteiger partial charge in [-0.1, -0.05) is 0 Å². The lowest BCUT2D eigenvalue weighted by Gasteiger charge is -2.02. The van der Waals surface area contributed by atoms with Crippen molar-refractivity contribution in [3.05, 3.63) is 22.3 Å². The number of hydrogen-bond acceptors (Lipinski definition) is 2. The van der Waals surface area contributed by atoms with Crippen LogP contribution in [0.3, 0.4) is 0 Å². The molecule has 0 radical (unpaired) electrons. The fourth-order valence-corrected chi connectivity index (χ4v) is 1.84. The second-order valence-electron chi connectivity index (χ2n) is 2.83. The van der Waals surface area contributed by atoms with Gasteiger partial charge in [-0.3, -0.25) is 5.10 Å². The van der Waals surface area contributed by atoms with Crippen LogP contribution in [0.4, 0.5) is 0 Å². The average Bonchev–Trinajstić information content (AvgIpc) is 2.48. The first-order valence-corrected chi connectivity index (χ1v) is 4.70. The molecule has 1 aromatic carbocycles. The minimum Gasteiger partial charge on any atom is -0.493 e. The predicted molar refractivity (Wildman–Crippen MR) is 55.1 cm³/mol. The number of methoxy groups -OCH3 is 1. The van der Waals surface area contributed by atoms with Gasteiger partial charge in [-0.2, -0.15) is 5.10 Å². The highest BCUT2D eigenvalue weighted by Crippen LogP contribution is 2.32. The molecule has 13 heavy (non-hydrogen) atoms. The molecule has 2 aromatic rings. The maximum Gasteiger partial charge on any atom is 0.161 e. The lowest BCUT2D eigenvalue weighted by Crippen LogP contribution is -1.85. The highest BCUT2D eigenvalue weighted by molar-refractivity contribution is 9.10. The smallest absolute Gasteiger partial charge is 0.161 e. The van der Waals surface area contributed by atoms with Crippen molar-refractivity contribution in [2.75, 3.05) is 7.11 Å². The maximum atomic E-state index is 5.24. The third-order valence-corrected chi connectivity index (χ3v) is 2.65. The number of benzene rings is 1. The number of nitrogens with one attached hydrogen (secondary N) is 1. The Morgan fingerprint density at radius 2 is 2.23 bits per heavy atom. The van der Waals surface area contributed by atoms with Crippen molar-refractivity contribution in [3.8, 4) is 5.75 Å². The summed E-state index contributed by atoms with van der Waals surface area (Å²) in [5, 5.41) is 8.19. The van der Waals surface area contributed by atoms with Crippen molar-refractivity contribution in [3.63, 3.8) is 0 Å². The molecule has 0 aliphatic carbocycles. The van der Waals surface area contributed by atoms with E-state index in [0.29, 0.717) is 0 Å². The van der Waals surface area contributed by atoms with Gasteiger partial charge < -0.3 is 4.74 Å². The molecule has 0 aliphatic rings. The molecule has 0 aliphatic heterocycles. The van der Waals surface area contributed by atoms with Gasteiger partial charge in [0.2, 0.25) is 0 Å². The summed E-state index contributed by atoms with van der Waals surface area (Å²) in [6.07, 6.45) is 0. The average molecular weight is 241 g/mol. The van der Waals surface area contributed by atoms with Crippen molar-refractivity contribution in [1.29, 1.82) is 0 Å². The van der Waals surface area contributed by atoms with E-state index in [4.69, 9.17) is 4.74 Å². The first kappa shape index (κ1) is 8.56. The molecule has 1 N–H and O–H groups in total. The minimum atomic E-state index is 0.779. The number of ether oxygens (including phenoxy) is 1. The molecule has 1 aromatic heterocycles. The zero-order chi connectivity index (χ0) is 9.42. The zero-order valence-electron chi connectivity index (χ0n) is 7.39. The van der Waals surface area contributed by atoms with E-state index in [1.807, 2.05) is 19.1 Å². The fraction of sp³-hybridized carbons (Fsp3) is 0.222. The summed E-state index contributed by atoms with van der Waals surface area (Å²) >= 11 is 3.41. The van der Waals surface area contributed by atoms with Crippen LogP contribution in [-0.2, 0) is 0 Å². The standard InChI is InChI=1S/C9H9BrN2O/c1-5-6-3-4-7(10)9(13-2)8(6)12-11-5/h3-4H,1-2H3,(H,11,12). The number of H-pyrrole nitrogens is 1. The Balaban J connectivity index is 2.85. The van der Waals surface area contributed by atoms with E-state index in [0.717, 1.165) is 26.8 Å². The highest BCUT2D eigenvalue weighted by atomic mass is 79.9. The van der Waals surface area contributed by atoms with Crippen molar-refractivity contribution in [2.24, 2.45) is 0 Å². The van der Waals surface area contributed by atoms with Gasteiger partial charge in [0.15, 0.2) is 5.75 Å². The second kappa shape index (κ2) is 3.03. The molecule has 1 heterocycles. The molecule has 0 fully saturated rings. The van der Waals surface area contributed by atoms with E-state index in [1.54, 1.807) is 7.11 Å². The van der Waals surface area contributed by atoms with Gasteiger partial charge in [0, 0.05) is 11.1 Å². The summed E-state index contributed by atoms with van der Waals surface area (Å²) in [5.41, 5.74) is 1.93. The Bertz CT molecular complexity index is 450. The molecular weight excluding hydrogens is 232 g/mol.